The van der Waals surface area contributed by atoms with Crippen LogP contribution in [-0.2, 0) is 3.08 Å². The molecule has 0 saturated heterocycles. The SMILES string of the molecule is [O]=[Sn]([OH])[OH].c1cncnc1. The maximum atomic E-state index is 8.84. The van der Waals surface area contributed by atoms with E-state index in [-0.39, 0.29) is 0 Å². The molecule has 10 heavy (non-hydrogen) atoms. The quantitative estimate of drug-likeness (QED) is 0.568. The first kappa shape index (κ1) is 9.60. The topological polar surface area (TPSA) is 83.3 Å². The molecule has 0 bridgehead atoms. The third-order valence-corrected chi connectivity index (χ3v) is 0.478. The summed E-state index contributed by atoms with van der Waals surface area (Å²) in [6.45, 7) is 0. The van der Waals surface area contributed by atoms with Gasteiger partial charge in [0.25, 0.3) is 0 Å². The van der Waals surface area contributed by atoms with Gasteiger partial charge in [0, 0.05) is 12.4 Å². The second kappa shape index (κ2) is 6.71. The zero-order chi connectivity index (χ0) is 7.82. The van der Waals surface area contributed by atoms with Gasteiger partial charge in [-0.05, 0) is 6.07 Å². The van der Waals surface area contributed by atoms with E-state index >= 15 is 0 Å². The number of aromatic nitrogens is 2. The van der Waals surface area contributed by atoms with E-state index in [1.165, 1.54) is 6.33 Å². The Balaban J connectivity index is 0.000000180. The van der Waals surface area contributed by atoms with Crippen LogP contribution in [0.2, 0.25) is 0 Å². The Morgan fingerprint density at radius 1 is 1.20 bits per heavy atom. The van der Waals surface area contributed by atoms with Crippen molar-refractivity contribution in [2.45, 2.75) is 0 Å². The van der Waals surface area contributed by atoms with Gasteiger partial charge in [-0.15, -0.1) is 0 Å². The molecule has 0 atom stereocenters. The van der Waals surface area contributed by atoms with Gasteiger partial charge in [0.2, 0.25) is 0 Å². The van der Waals surface area contributed by atoms with Crippen LogP contribution in [0.1, 0.15) is 0 Å². The fourth-order valence-corrected chi connectivity index (χ4v) is 0.253. The van der Waals surface area contributed by atoms with Crippen LogP contribution >= 0.6 is 0 Å². The van der Waals surface area contributed by atoms with Crippen molar-refractivity contribution in [2.24, 2.45) is 0 Å². The summed E-state index contributed by atoms with van der Waals surface area (Å²) in [6.07, 6.45) is 4.88. The molecule has 0 saturated carbocycles. The predicted molar refractivity (Wildman–Crippen MR) is 32.9 cm³/mol. The molecule has 54 valence electrons. The minimum atomic E-state index is -3.79. The molecule has 6 heteroatoms. The first-order valence-corrected chi connectivity index (χ1v) is 6.07. The Morgan fingerprint density at radius 3 is 1.70 bits per heavy atom. The van der Waals surface area contributed by atoms with Gasteiger partial charge in [-0.1, -0.05) is 0 Å². The summed E-state index contributed by atoms with van der Waals surface area (Å²) in [5.41, 5.74) is 0. The second-order valence-corrected chi connectivity index (χ2v) is 2.80. The molecule has 1 heterocycles. The van der Waals surface area contributed by atoms with Crippen LogP contribution in [0.3, 0.4) is 0 Å². The molecule has 1 aromatic rings. The molecule has 0 amide bonds. The first-order valence-electron chi connectivity index (χ1n) is 2.35. The fourth-order valence-electron chi connectivity index (χ4n) is 0.253. The Bertz CT molecular complexity index is 150. The summed E-state index contributed by atoms with van der Waals surface area (Å²) in [4.78, 5) is 7.35. The summed E-state index contributed by atoms with van der Waals surface area (Å²) in [5.74, 6) is 0. The molecule has 0 unspecified atom stereocenters. The minimum Gasteiger partial charge on any atom is -0.245 e. The van der Waals surface area contributed by atoms with Crippen LogP contribution in [0.4, 0.5) is 0 Å². The maximum absolute atomic E-state index is 8.84. The summed E-state index contributed by atoms with van der Waals surface area (Å²) >= 11 is -3.79. The summed E-state index contributed by atoms with van der Waals surface area (Å²) < 4.78 is 23.3. The third kappa shape index (κ3) is 10.6. The zero-order valence-electron chi connectivity index (χ0n) is 5.01. The Kier molecular flexibility index (Phi) is 6.45. The van der Waals surface area contributed by atoms with Crippen molar-refractivity contribution in [1.82, 2.24) is 9.97 Å². The van der Waals surface area contributed by atoms with Gasteiger partial charge in [0.15, 0.2) is 0 Å². The van der Waals surface area contributed by atoms with Crippen molar-refractivity contribution in [3.8, 4) is 0 Å². The van der Waals surface area contributed by atoms with Gasteiger partial charge in [0.1, 0.15) is 6.33 Å². The Labute approximate surface area is 65.6 Å². The van der Waals surface area contributed by atoms with Crippen molar-refractivity contribution in [2.75, 3.05) is 0 Å². The van der Waals surface area contributed by atoms with E-state index in [9.17, 15) is 0 Å². The van der Waals surface area contributed by atoms with Crippen LogP contribution in [0, 0.1) is 0 Å². The monoisotopic (exact) mass is 250 g/mol. The largest absolute Gasteiger partial charge is 0.245 e. The van der Waals surface area contributed by atoms with Gasteiger partial charge in [-0.2, -0.15) is 0 Å². The van der Waals surface area contributed by atoms with Crippen molar-refractivity contribution >= 4 is 20.6 Å². The third-order valence-electron chi connectivity index (χ3n) is 0.478. The van der Waals surface area contributed by atoms with Gasteiger partial charge in [-0.25, -0.2) is 9.97 Å². The van der Waals surface area contributed by atoms with Gasteiger partial charge in [-0.3, -0.25) is 0 Å². The normalized spacial score (nSPS) is 7.40. The molecule has 0 radical (unpaired) electrons. The van der Waals surface area contributed by atoms with Crippen molar-refractivity contribution < 1.29 is 9.96 Å². The molecule has 1 aromatic heterocycles. The number of rotatable bonds is 0. The molecule has 0 aliphatic heterocycles. The number of nitrogens with zero attached hydrogens (tertiary/aromatic N) is 2. The van der Waals surface area contributed by atoms with Gasteiger partial charge in [0.05, 0.1) is 0 Å². The van der Waals surface area contributed by atoms with Crippen LogP contribution in [0.25, 0.3) is 0 Å². The molecule has 0 aromatic carbocycles. The predicted octanol–water partition coefficient (Wildman–Crippen LogP) is -1.14. The molecule has 0 aliphatic rings. The van der Waals surface area contributed by atoms with E-state index in [1.807, 2.05) is 0 Å². The van der Waals surface area contributed by atoms with E-state index in [0.717, 1.165) is 0 Å². The second-order valence-electron chi connectivity index (χ2n) is 1.19. The van der Waals surface area contributed by atoms with Crippen molar-refractivity contribution in [3.05, 3.63) is 24.8 Å². The zero-order valence-corrected chi connectivity index (χ0v) is 7.86. The molecule has 0 fully saturated rings. The molecular formula is C4H6N2O3Sn. The average Bonchev–Trinajstić information content (AvgIpc) is 1.90. The standard InChI is InChI=1S/C4H4N2.2H2O.O.Sn/c1-2-5-4-6-3-1;;;;/h1-4H;2*1H2;;/q;;;;+2/p-2. The van der Waals surface area contributed by atoms with E-state index in [2.05, 4.69) is 9.97 Å². The molecule has 0 aliphatic carbocycles. The fraction of sp³-hybridized carbons (Fsp3) is 0. The van der Waals surface area contributed by atoms with Gasteiger partial charge < -0.3 is 0 Å². The number of hydrogen-bond donors (Lipinski definition) is 2. The van der Waals surface area contributed by atoms with E-state index in [1.54, 1.807) is 18.5 Å². The summed E-state index contributed by atoms with van der Waals surface area (Å²) in [6, 6.07) is 1.78. The van der Waals surface area contributed by atoms with Crippen molar-refractivity contribution in [3.63, 3.8) is 0 Å². The van der Waals surface area contributed by atoms with E-state index in [0.29, 0.717) is 0 Å². The van der Waals surface area contributed by atoms with Crippen LogP contribution < -0.4 is 0 Å². The smallest absolute Gasteiger partial charge is 0.115 e. The molecule has 0 spiro atoms. The van der Waals surface area contributed by atoms with E-state index in [4.69, 9.17) is 9.96 Å². The maximum Gasteiger partial charge on any atom is 0.115 e. The molecule has 2 N–H and O–H groups in total. The Morgan fingerprint density at radius 2 is 1.60 bits per heavy atom. The van der Waals surface area contributed by atoms with Gasteiger partial charge >= 0.3 is 30.5 Å². The minimum absolute atomic E-state index is 1.50. The van der Waals surface area contributed by atoms with E-state index < -0.39 is 20.6 Å². The van der Waals surface area contributed by atoms with Crippen LogP contribution in [0.15, 0.2) is 24.8 Å². The molecule has 5 nitrogen and oxygen atoms in total. The molecular weight excluding hydrogens is 243 g/mol. The Hall–Kier alpha value is -0.401. The average molecular weight is 249 g/mol. The summed E-state index contributed by atoms with van der Waals surface area (Å²) in [7, 11) is 0. The first-order chi connectivity index (χ1) is 4.73. The number of hydrogen-bond acceptors (Lipinski definition) is 3. The van der Waals surface area contributed by atoms with Crippen molar-refractivity contribution in [1.29, 1.82) is 0 Å². The van der Waals surface area contributed by atoms with Crippen LogP contribution in [-0.4, -0.2) is 37.4 Å². The molecule has 1 rings (SSSR count). The van der Waals surface area contributed by atoms with Crippen LogP contribution in [0.5, 0.6) is 0 Å². The summed E-state index contributed by atoms with van der Waals surface area (Å²) in [5, 5.41) is 0.